The molecule has 1 aliphatic heterocycles. The zero-order valence-electron chi connectivity index (χ0n) is 26.5. The van der Waals surface area contributed by atoms with Crippen LogP contribution in [0.5, 0.6) is 11.5 Å². The summed E-state index contributed by atoms with van der Waals surface area (Å²) in [5, 5.41) is 12.6. The molecule has 2 N–H and O–H groups in total. The summed E-state index contributed by atoms with van der Waals surface area (Å²) in [5.74, 6) is -0.763. The van der Waals surface area contributed by atoms with Crippen LogP contribution in [0.25, 0.3) is 11.1 Å². The van der Waals surface area contributed by atoms with E-state index in [1.807, 2.05) is 51.1 Å². The largest absolute Gasteiger partial charge is 0.493 e. The van der Waals surface area contributed by atoms with Crippen LogP contribution in [0.4, 0.5) is 10.5 Å². The highest BCUT2D eigenvalue weighted by molar-refractivity contribution is 6.09. The minimum Gasteiger partial charge on any atom is -0.493 e. The minimum absolute atomic E-state index is 0.0179. The number of nitrogens with one attached hydrogen (secondary N) is 1. The number of anilines is 1. The van der Waals surface area contributed by atoms with Crippen LogP contribution in [0.3, 0.4) is 0 Å². The number of rotatable bonds is 12. The number of benzene rings is 3. The first-order valence-corrected chi connectivity index (χ1v) is 15.4. The number of amides is 2. The van der Waals surface area contributed by atoms with Crippen molar-refractivity contribution in [3.05, 3.63) is 77.9 Å². The lowest BCUT2D eigenvalue weighted by Gasteiger charge is -2.35. The van der Waals surface area contributed by atoms with Gasteiger partial charge in [0, 0.05) is 32.7 Å². The Bertz CT molecular complexity index is 1460. The third kappa shape index (κ3) is 9.71. The smallest absolute Gasteiger partial charge is 0.410 e. The summed E-state index contributed by atoms with van der Waals surface area (Å²) in [7, 11) is 0. The number of carboxylic acids is 1. The number of aromatic carboxylic acids is 1. The summed E-state index contributed by atoms with van der Waals surface area (Å²) in [4.78, 5) is 41.9. The number of piperazine rings is 1. The Morgan fingerprint density at radius 3 is 2.24 bits per heavy atom. The van der Waals surface area contributed by atoms with Gasteiger partial charge in [0.25, 0.3) is 5.91 Å². The number of unbranched alkanes of at least 4 members (excludes halogenated alkanes) is 1. The standard InChI is InChI=1S/C35H43N3O7/c1-5-6-21-44-31-15-13-27(43-22-20-37-16-18-38(19-17-37)34(42)45-35(2,3)4)24-29(31)32(39)36-30-23-26(12-14-28(30)33(40)41)25-10-8-7-9-11-25/h7-15,23-24H,5-6,16-22H2,1-4H3,(H,36,39)(H,40,41). The molecule has 1 aliphatic rings. The zero-order chi connectivity index (χ0) is 32.4. The van der Waals surface area contributed by atoms with Gasteiger partial charge in [-0.1, -0.05) is 49.7 Å². The summed E-state index contributed by atoms with van der Waals surface area (Å²) < 4.78 is 17.4. The van der Waals surface area contributed by atoms with E-state index in [-0.39, 0.29) is 22.9 Å². The molecule has 0 bridgehead atoms. The van der Waals surface area contributed by atoms with Crippen LogP contribution in [-0.4, -0.2) is 84.4 Å². The number of carboxylic acid groups (broad SMARTS) is 1. The minimum atomic E-state index is -1.15. The van der Waals surface area contributed by atoms with Crippen molar-refractivity contribution < 1.29 is 33.7 Å². The number of ether oxygens (including phenoxy) is 3. The van der Waals surface area contributed by atoms with E-state index in [2.05, 4.69) is 17.1 Å². The van der Waals surface area contributed by atoms with Crippen LogP contribution < -0.4 is 14.8 Å². The van der Waals surface area contributed by atoms with Crippen LogP contribution >= 0.6 is 0 Å². The molecule has 10 heteroatoms. The molecule has 45 heavy (non-hydrogen) atoms. The second-order valence-electron chi connectivity index (χ2n) is 11.9. The molecule has 0 aliphatic carbocycles. The Morgan fingerprint density at radius 2 is 1.58 bits per heavy atom. The molecule has 0 radical (unpaired) electrons. The number of nitrogens with zero attached hydrogens (tertiary/aromatic N) is 2. The quantitative estimate of drug-likeness (QED) is 0.224. The van der Waals surface area contributed by atoms with E-state index >= 15 is 0 Å². The lowest BCUT2D eigenvalue weighted by Crippen LogP contribution is -2.50. The Balaban J connectivity index is 1.44. The molecule has 1 fully saturated rings. The van der Waals surface area contributed by atoms with Crippen LogP contribution in [0.15, 0.2) is 66.7 Å². The zero-order valence-corrected chi connectivity index (χ0v) is 26.5. The fourth-order valence-corrected chi connectivity index (χ4v) is 4.84. The fourth-order valence-electron chi connectivity index (χ4n) is 4.84. The van der Waals surface area contributed by atoms with E-state index in [4.69, 9.17) is 14.2 Å². The Hall–Kier alpha value is -4.57. The lowest BCUT2D eigenvalue weighted by atomic mass is 10.0. The number of carbonyl (C=O) groups excluding carboxylic acids is 2. The van der Waals surface area contributed by atoms with Gasteiger partial charge in [0.2, 0.25) is 0 Å². The van der Waals surface area contributed by atoms with Gasteiger partial charge in [0.05, 0.1) is 23.4 Å². The van der Waals surface area contributed by atoms with Gasteiger partial charge in [-0.3, -0.25) is 9.69 Å². The summed E-state index contributed by atoms with van der Waals surface area (Å²) in [5.41, 5.74) is 1.56. The molecule has 3 aromatic carbocycles. The molecule has 3 aromatic rings. The van der Waals surface area contributed by atoms with Gasteiger partial charge in [0.1, 0.15) is 23.7 Å². The monoisotopic (exact) mass is 617 g/mol. The highest BCUT2D eigenvalue weighted by Gasteiger charge is 2.26. The van der Waals surface area contributed by atoms with Gasteiger partial charge < -0.3 is 29.5 Å². The van der Waals surface area contributed by atoms with Crippen LogP contribution in [0.2, 0.25) is 0 Å². The van der Waals surface area contributed by atoms with Gasteiger partial charge in [-0.2, -0.15) is 0 Å². The Kier molecular flexibility index (Phi) is 11.4. The van der Waals surface area contributed by atoms with Gasteiger partial charge in [0.15, 0.2) is 0 Å². The maximum atomic E-state index is 13.6. The van der Waals surface area contributed by atoms with Gasteiger partial charge in [-0.05, 0) is 68.7 Å². The van der Waals surface area contributed by atoms with Crippen molar-refractivity contribution in [2.24, 2.45) is 0 Å². The van der Waals surface area contributed by atoms with Crippen molar-refractivity contribution in [3.8, 4) is 22.6 Å². The second kappa shape index (κ2) is 15.4. The fraction of sp³-hybridized carbons (Fsp3) is 0.400. The molecule has 4 rings (SSSR count). The van der Waals surface area contributed by atoms with Crippen molar-refractivity contribution in [1.29, 1.82) is 0 Å². The van der Waals surface area contributed by atoms with Crippen molar-refractivity contribution in [2.75, 3.05) is 51.3 Å². The van der Waals surface area contributed by atoms with Crippen molar-refractivity contribution in [2.45, 2.75) is 46.1 Å². The molecule has 1 saturated heterocycles. The molecule has 10 nitrogen and oxygen atoms in total. The second-order valence-corrected chi connectivity index (χ2v) is 11.9. The number of carbonyl (C=O) groups is 3. The van der Waals surface area contributed by atoms with Crippen molar-refractivity contribution >= 4 is 23.7 Å². The average Bonchev–Trinajstić information content (AvgIpc) is 3.01. The first-order chi connectivity index (χ1) is 21.5. The molecule has 0 saturated carbocycles. The first-order valence-electron chi connectivity index (χ1n) is 15.4. The van der Waals surface area contributed by atoms with Crippen molar-refractivity contribution in [3.63, 3.8) is 0 Å². The summed E-state index contributed by atoms with van der Waals surface area (Å²) >= 11 is 0. The Labute approximate surface area is 264 Å². The third-order valence-electron chi connectivity index (χ3n) is 7.26. The lowest BCUT2D eigenvalue weighted by molar-refractivity contribution is 0.0136. The maximum Gasteiger partial charge on any atom is 0.410 e. The van der Waals surface area contributed by atoms with Crippen LogP contribution in [0.1, 0.15) is 61.3 Å². The molecule has 0 spiro atoms. The molecular weight excluding hydrogens is 574 g/mol. The van der Waals surface area contributed by atoms with E-state index in [0.29, 0.717) is 57.4 Å². The highest BCUT2D eigenvalue weighted by atomic mass is 16.6. The number of hydrogen-bond donors (Lipinski definition) is 2. The summed E-state index contributed by atoms with van der Waals surface area (Å²) in [6, 6.07) is 19.5. The van der Waals surface area contributed by atoms with Gasteiger partial charge >= 0.3 is 12.1 Å². The molecule has 0 unspecified atom stereocenters. The Morgan fingerprint density at radius 1 is 0.844 bits per heavy atom. The summed E-state index contributed by atoms with van der Waals surface area (Å²) in [6.07, 6.45) is 1.46. The van der Waals surface area contributed by atoms with E-state index in [1.165, 1.54) is 6.07 Å². The van der Waals surface area contributed by atoms with E-state index in [1.54, 1.807) is 35.2 Å². The van der Waals surface area contributed by atoms with E-state index < -0.39 is 17.5 Å². The molecule has 240 valence electrons. The molecule has 0 atom stereocenters. The van der Waals surface area contributed by atoms with Gasteiger partial charge in [-0.15, -0.1) is 0 Å². The predicted molar refractivity (Wildman–Crippen MR) is 173 cm³/mol. The first kappa shape index (κ1) is 33.3. The van der Waals surface area contributed by atoms with E-state index in [0.717, 1.165) is 24.0 Å². The SMILES string of the molecule is CCCCOc1ccc(OCCN2CCN(C(=O)OC(C)(C)C)CC2)cc1C(=O)Nc1cc(-c2ccccc2)ccc1C(=O)O. The molecule has 0 aromatic heterocycles. The predicted octanol–water partition coefficient (Wildman–Crippen LogP) is 6.41. The summed E-state index contributed by atoms with van der Waals surface area (Å²) in [6.45, 7) is 11.6. The average molecular weight is 618 g/mol. The van der Waals surface area contributed by atoms with Crippen molar-refractivity contribution in [1.82, 2.24) is 9.80 Å². The van der Waals surface area contributed by atoms with E-state index in [9.17, 15) is 19.5 Å². The molecule has 2 amide bonds. The molecular formula is C35H43N3O7. The van der Waals surface area contributed by atoms with Gasteiger partial charge in [-0.25, -0.2) is 9.59 Å². The maximum absolute atomic E-state index is 13.6. The molecule has 1 heterocycles. The third-order valence-corrected chi connectivity index (χ3v) is 7.26. The topological polar surface area (TPSA) is 118 Å². The highest BCUT2D eigenvalue weighted by Crippen LogP contribution is 2.29. The van der Waals surface area contributed by atoms with Crippen LogP contribution in [0, 0.1) is 0 Å². The number of hydrogen-bond acceptors (Lipinski definition) is 7. The normalized spacial score (nSPS) is 13.6. The van der Waals surface area contributed by atoms with Crippen LogP contribution in [-0.2, 0) is 4.74 Å².